The van der Waals surface area contributed by atoms with Gasteiger partial charge in [0.05, 0.1) is 29.8 Å². The second kappa shape index (κ2) is 9.83. The van der Waals surface area contributed by atoms with Crippen molar-refractivity contribution >= 4 is 22.4 Å². The lowest BCUT2D eigenvalue weighted by Crippen LogP contribution is -2.22. The molecule has 4 rings (SSSR count). The maximum Gasteiger partial charge on any atom is 0.112 e. The van der Waals surface area contributed by atoms with Crippen LogP contribution < -0.4 is 10.6 Å². The highest BCUT2D eigenvalue weighted by Gasteiger charge is 2.13. The molecule has 3 N–H and O–H groups in total. The molecule has 2 aromatic carbocycles. The van der Waals surface area contributed by atoms with Gasteiger partial charge in [0, 0.05) is 36.1 Å². The standard InChI is InChI=1S/C26H31N5O/c1-4-21(16-32)30-22-13-24(26-25(14-22)31(17-29-26)18(2)3)28-15-19-8-10-20(11-9-19)23-7-5-6-12-27-23/h5-14,17-18,21,28,30,32H,4,15-16H2,1-3H3/t21-/m1/s1. The van der Waals surface area contributed by atoms with Crippen molar-refractivity contribution in [1.29, 1.82) is 0 Å². The fourth-order valence-electron chi connectivity index (χ4n) is 3.80. The van der Waals surface area contributed by atoms with Crippen molar-refractivity contribution in [3.8, 4) is 11.3 Å². The van der Waals surface area contributed by atoms with E-state index in [1.165, 1.54) is 5.56 Å². The Labute approximate surface area is 189 Å². The average molecular weight is 430 g/mol. The minimum absolute atomic E-state index is 0.0230. The first-order valence-electron chi connectivity index (χ1n) is 11.2. The molecule has 166 valence electrons. The third-order valence-electron chi connectivity index (χ3n) is 5.72. The summed E-state index contributed by atoms with van der Waals surface area (Å²) in [6.45, 7) is 7.16. The van der Waals surface area contributed by atoms with E-state index in [1.807, 2.05) is 30.7 Å². The first kappa shape index (κ1) is 21.8. The smallest absolute Gasteiger partial charge is 0.112 e. The van der Waals surface area contributed by atoms with Gasteiger partial charge in [-0.2, -0.15) is 0 Å². The zero-order chi connectivity index (χ0) is 22.5. The number of anilines is 2. The first-order valence-corrected chi connectivity index (χ1v) is 11.2. The number of nitrogens with one attached hydrogen (secondary N) is 2. The van der Waals surface area contributed by atoms with E-state index >= 15 is 0 Å². The molecule has 0 saturated heterocycles. The van der Waals surface area contributed by atoms with Crippen LogP contribution in [0.25, 0.3) is 22.3 Å². The molecule has 0 amide bonds. The van der Waals surface area contributed by atoms with Gasteiger partial charge in [-0.1, -0.05) is 37.3 Å². The summed E-state index contributed by atoms with van der Waals surface area (Å²) in [5, 5.41) is 16.7. The van der Waals surface area contributed by atoms with Crippen LogP contribution in [-0.2, 0) is 6.54 Å². The Morgan fingerprint density at radius 3 is 2.50 bits per heavy atom. The van der Waals surface area contributed by atoms with E-state index < -0.39 is 0 Å². The van der Waals surface area contributed by atoms with Gasteiger partial charge >= 0.3 is 0 Å². The molecule has 2 aromatic heterocycles. The Kier molecular flexibility index (Phi) is 6.71. The van der Waals surface area contributed by atoms with Crippen LogP contribution in [0, 0.1) is 0 Å². The summed E-state index contributed by atoms with van der Waals surface area (Å²) in [7, 11) is 0. The second-order valence-corrected chi connectivity index (χ2v) is 8.33. The highest BCUT2D eigenvalue weighted by Crippen LogP contribution is 2.30. The van der Waals surface area contributed by atoms with Gasteiger partial charge in [0.2, 0.25) is 0 Å². The molecular formula is C26H31N5O. The number of imidazole rings is 1. The fraction of sp³-hybridized carbons (Fsp3) is 0.308. The second-order valence-electron chi connectivity index (χ2n) is 8.33. The van der Waals surface area contributed by atoms with Gasteiger partial charge < -0.3 is 20.3 Å². The molecule has 0 saturated carbocycles. The summed E-state index contributed by atoms with van der Waals surface area (Å²) < 4.78 is 2.17. The number of hydrogen-bond donors (Lipinski definition) is 3. The topological polar surface area (TPSA) is 75.0 Å². The van der Waals surface area contributed by atoms with Crippen LogP contribution in [0.2, 0.25) is 0 Å². The molecule has 1 atom stereocenters. The summed E-state index contributed by atoms with van der Waals surface area (Å²) in [6, 6.07) is 18.9. The van der Waals surface area contributed by atoms with Crippen molar-refractivity contribution in [2.45, 2.75) is 45.8 Å². The number of hydrogen-bond acceptors (Lipinski definition) is 5. The molecule has 0 unspecified atom stereocenters. The first-order chi connectivity index (χ1) is 15.6. The van der Waals surface area contributed by atoms with Crippen molar-refractivity contribution in [2.75, 3.05) is 17.2 Å². The van der Waals surface area contributed by atoms with Crippen molar-refractivity contribution < 1.29 is 5.11 Å². The maximum absolute atomic E-state index is 9.63. The van der Waals surface area contributed by atoms with Crippen molar-refractivity contribution in [2.24, 2.45) is 0 Å². The van der Waals surface area contributed by atoms with Gasteiger partial charge in [0.25, 0.3) is 0 Å². The number of benzene rings is 2. The monoisotopic (exact) mass is 429 g/mol. The third-order valence-corrected chi connectivity index (χ3v) is 5.72. The number of fused-ring (bicyclic) bond motifs is 1. The zero-order valence-electron chi connectivity index (χ0n) is 18.9. The molecule has 32 heavy (non-hydrogen) atoms. The zero-order valence-corrected chi connectivity index (χ0v) is 18.9. The largest absolute Gasteiger partial charge is 0.394 e. The van der Waals surface area contributed by atoms with E-state index in [9.17, 15) is 5.11 Å². The lowest BCUT2D eigenvalue weighted by Gasteiger charge is -2.18. The van der Waals surface area contributed by atoms with Crippen LogP contribution in [0.4, 0.5) is 11.4 Å². The van der Waals surface area contributed by atoms with E-state index in [-0.39, 0.29) is 12.6 Å². The summed E-state index contributed by atoms with van der Waals surface area (Å²) in [4.78, 5) is 9.10. The number of aromatic nitrogens is 3. The molecule has 0 spiro atoms. The molecule has 2 heterocycles. The molecule has 0 aliphatic heterocycles. The Bertz CT molecular complexity index is 1150. The lowest BCUT2D eigenvalue weighted by molar-refractivity contribution is 0.272. The minimum atomic E-state index is 0.0230. The molecule has 0 aliphatic rings. The van der Waals surface area contributed by atoms with Gasteiger partial charge in [-0.3, -0.25) is 4.98 Å². The number of aliphatic hydroxyl groups excluding tert-OH is 1. The normalized spacial score (nSPS) is 12.3. The quantitative estimate of drug-likeness (QED) is 0.329. The van der Waals surface area contributed by atoms with Gasteiger partial charge in [0.1, 0.15) is 5.52 Å². The summed E-state index contributed by atoms with van der Waals surface area (Å²) in [5.41, 5.74) is 7.24. The van der Waals surface area contributed by atoms with Gasteiger partial charge in [0.15, 0.2) is 0 Å². The van der Waals surface area contributed by atoms with Crippen molar-refractivity contribution in [3.63, 3.8) is 0 Å². The maximum atomic E-state index is 9.63. The Balaban J connectivity index is 1.58. The number of aliphatic hydroxyl groups is 1. The Morgan fingerprint density at radius 1 is 1.03 bits per heavy atom. The number of rotatable bonds is 9. The lowest BCUT2D eigenvalue weighted by atomic mass is 10.1. The van der Waals surface area contributed by atoms with Crippen LogP contribution >= 0.6 is 0 Å². The molecule has 6 nitrogen and oxygen atoms in total. The summed E-state index contributed by atoms with van der Waals surface area (Å²) in [6.07, 6.45) is 4.56. The summed E-state index contributed by atoms with van der Waals surface area (Å²) >= 11 is 0. The van der Waals surface area contributed by atoms with Gasteiger partial charge in [-0.15, -0.1) is 0 Å². The van der Waals surface area contributed by atoms with E-state index in [0.717, 1.165) is 40.1 Å². The molecule has 0 radical (unpaired) electrons. The predicted molar refractivity (Wildman–Crippen MR) is 132 cm³/mol. The molecule has 0 fully saturated rings. The van der Waals surface area contributed by atoms with Crippen LogP contribution in [0.5, 0.6) is 0 Å². The molecule has 6 heteroatoms. The van der Waals surface area contributed by atoms with Gasteiger partial charge in [-0.25, -0.2) is 4.98 Å². The van der Waals surface area contributed by atoms with Crippen LogP contribution in [0.15, 0.2) is 67.1 Å². The van der Waals surface area contributed by atoms with Crippen LogP contribution in [-0.4, -0.2) is 32.3 Å². The number of nitrogens with zero attached hydrogens (tertiary/aromatic N) is 3. The van der Waals surface area contributed by atoms with Crippen LogP contribution in [0.3, 0.4) is 0 Å². The Hall–Kier alpha value is -3.38. The van der Waals surface area contributed by atoms with E-state index in [2.05, 4.69) is 82.3 Å². The van der Waals surface area contributed by atoms with E-state index in [1.54, 1.807) is 0 Å². The number of pyridine rings is 1. The highest BCUT2D eigenvalue weighted by atomic mass is 16.3. The van der Waals surface area contributed by atoms with E-state index in [4.69, 9.17) is 0 Å². The molecular weight excluding hydrogens is 398 g/mol. The van der Waals surface area contributed by atoms with Gasteiger partial charge in [-0.05, 0) is 50.1 Å². The van der Waals surface area contributed by atoms with Crippen molar-refractivity contribution in [1.82, 2.24) is 14.5 Å². The predicted octanol–water partition coefficient (Wildman–Crippen LogP) is 5.47. The fourth-order valence-corrected chi connectivity index (χ4v) is 3.80. The summed E-state index contributed by atoms with van der Waals surface area (Å²) in [5.74, 6) is 0. The minimum Gasteiger partial charge on any atom is -0.394 e. The third kappa shape index (κ3) is 4.75. The van der Waals surface area contributed by atoms with Crippen molar-refractivity contribution in [3.05, 3.63) is 72.7 Å². The molecule has 4 aromatic rings. The van der Waals surface area contributed by atoms with Crippen LogP contribution in [0.1, 0.15) is 38.8 Å². The Morgan fingerprint density at radius 2 is 1.84 bits per heavy atom. The SMILES string of the molecule is CC[C@H](CO)Nc1cc(NCc2ccc(-c3ccccn3)cc2)c2ncn(C(C)C)c2c1. The van der Waals surface area contributed by atoms with E-state index in [0.29, 0.717) is 12.6 Å². The molecule has 0 bridgehead atoms. The highest BCUT2D eigenvalue weighted by molar-refractivity contribution is 5.92. The average Bonchev–Trinajstić information content (AvgIpc) is 3.26. The molecule has 0 aliphatic carbocycles.